The number of para-hydroxylation sites is 1. The standard InChI is InChI=1S/C21H25N3O3/c1-3-27-20(25)18-6-4-5-7-19(18)22-21(26)24-14-12-23(13-15-24)17-10-8-16(2)9-11-17/h4-11H,3,12-15H2,1-2H3,(H,22,26). The maximum absolute atomic E-state index is 12.6. The van der Waals surface area contributed by atoms with Crippen molar-refractivity contribution >= 4 is 23.4 Å². The van der Waals surface area contributed by atoms with Crippen LogP contribution in [-0.4, -0.2) is 49.7 Å². The van der Waals surface area contributed by atoms with E-state index in [1.165, 1.54) is 11.3 Å². The molecule has 0 radical (unpaired) electrons. The first-order valence-corrected chi connectivity index (χ1v) is 9.22. The maximum atomic E-state index is 12.6. The van der Waals surface area contributed by atoms with Crippen molar-refractivity contribution in [3.05, 3.63) is 59.7 Å². The van der Waals surface area contributed by atoms with Crippen LogP contribution in [0, 0.1) is 6.92 Å². The van der Waals surface area contributed by atoms with Gasteiger partial charge in [-0.05, 0) is 38.1 Å². The molecule has 0 aromatic heterocycles. The Morgan fingerprint density at radius 2 is 1.67 bits per heavy atom. The van der Waals surface area contributed by atoms with Crippen molar-refractivity contribution in [3.8, 4) is 0 Å². The molecular formula is C21H25N3O3. The summed E-state index contributed by atoms with van der Waals surface area (Å²) in [5, 5.41) is 2.85. The van der Waals surface area contributed by atoms with Gasteiger partial charge in [0.1, 0.15) is 0 Å². The van der Waals surface area contributed by atoms with E-state index in [0.29, 0.717) is 30.9 Å². The Morgan fingerprint density at radius 3 is 2.33 bits per heavy atom. The minimum absolute atomic E-state index is 0.199. The van der Waals surface area contributed by atoms with Gasteiger partial charge in [0, 0.05) is 31.9 Å². The molecule has 2 aromatic carbocycles. The van der Waals surface area contributed by atoms with E-state index in [1.54, 1.807) is 36.1 Å². The number of esters is 1. The first-order chi connectivity index (χ1) is 13.1. The molecule has 1 aliphatic heterocycles. The van der Waals surface area contributed by atoms with Crippen LogP contribution in [0.25, 0.3) is 0 Å². The van der Waals surface area contributed by atoms with Crippen molar-refractivity contribution in [3.63, 3.8) is 0 Å². The second-order valence-corrected chi connectivity index (χ2v) is 6.51. The van der Waals surface area contributed by atoms with Gasteiger partial charge in [-0.2, -0.15) is 0 Å². The number of hydrogen-bond donors (Lipinski definition) is 1. The van der Waals surface area contributed by atoms with Gasteiger partial charge in [0.2, 0.25) is 0 Å². The van der Waals surface area contributed by atoms with Crippen LogP contribution in [-0.2, 0) is 4.74 Å². The summed E-state index contributed by atoms with van der Waals surface area (Å²) in [7, 11) is 0. The summed E-state index contributed by atoms with van der Waals surface area (Å²) in [4.78, 5) is 28.7. The highest BCUT2D eigenvalue weighted by atomic mass is 16.5. The number of anilines is 2. The number of nitrogens with one attached hydrogen (secondary N) is 1. The number of urea groups is 1. The van der Waals surface area contributed by atoms with Gasteiger partial charge in [-0.15, -0.1) is 0 Å². The lowest BCUT2D eigenvalue weighted by Crippen LogP contribution is -2.50. The third kappa shape index (κ3) is 4.58. The number of benzene rings is 2. The van der Waals surface area contributed by atoms with Crippen LogP contribution >= 0.6 is 0 Å². The molecule has 0 unspecified atom stereocenters. The van der Waals surface area contributed by atoms with Gasteiger partial charge in [-0.25, -0.2) is 9.59 Å². The molecule has 6 heteroatoms. The molecule has 1 heterocycles. The van der Waals surface area contributed by atoms with Gasteiger partial charge in [0.25, 0.3) is 0 Å². The van der Waals surface area contributed by atoms with E-state index in [4.69, 9.17) is 4.74 Å². The van der Waals surface area contributed by atoms with Crippen molar-refractivity contribution in [2.45, 2.75) is 13.8 Å². The Morgan fingerprint density at radius 1 is 1.00 bits per heavy atom. The van der Waals surface area contributed by atoms with E-state index >= 15 is 0 Å². The first-order valence-electron chi connectivity index (χ1n) is 9.22. The van der Waals surface area contributed by atoms with Crippen molar-refractivity contribution in [2.24, 2.45) is 0 Å². The summed E-state index contributed by atoms with van der Waals surface area (Å²) in [6, 6.07) is 15.1. The number of piperazine rings is 1. The zero-order chi connectivity index (χ0) is 19.2. The number of carbonyl (C=O) groups excluding carboxylic acids is 2. The molecule has 0 saturated carbocycles. The largest absolute Gasteiger partial charge is 0.462 e. The maximum Gasteiger partial charge on any atom is 0.340 e. The molecule has 0 atom stereocenters. The number of aryl methyl sites for hydroxylation is 1. The lowest BCUT2D eigenvalue weighted by atomic mass is 10.2. The number of carbonyl (C=O) groups is 2. The minimum Gasteiger partial charge on any atom is -0.462 e. The predicted octanol–water partition coefficient (Wildman–Crippen LogP) is 3.53. The predicted molar refractivity (Wildman–Crippen MR) is 106 cm³/mol. The average Bonchev–Trinajstić information content (AvgIpc) is 2.69. The van der Waals surface area contributed by atoms with Crippen molar-refractivity contribution in [2.75, 3.05) is 43.0 Å². The summed E-state index contributed by atoms with van der Waals surface area (Å²) in [5.41, 5.74) is 3.25. The van der Waals surface area contributed by atoms with Crippen LogP contribution in [0.2, 0.25) is 0 Å². The van der Waals surface area contributed by atoms with Gasteiger partial charge in [0.15, 0.2) is 0 Å². The second-order valence-electron chi connectivity index (χ2n) is 6.51. The van der Waals surface area contributed by atoms with E-state index in [0.717, 1.165) is 13.1 Å². The summed E-state index contributed by atoms with van der Waals surface area (Å²) in [6.45, 7) is 6.92. The number of amides is 2. The van der Waals surface area contributed by atoms with Gasteiger partial charge >= 0.3 is 12.0 Å². The van der Waals surface area contributed by atoms with Crippen LogP contribution in [0.15, 0.2) is 48.5 Å². The number of ether oxygens (including phenoxy) is 1. The highest BCUT2D eigenvalue weighted by molar-refractivity contribution is 6.00. The minimum atomic E-state index is -0.433. The third-order valence-electron chi connectivity index (χ3n) is 4.63. The molecule has 3 rings (SSSR count). The third-order valence-corrected chi connectivity index (χ3v) is 4.63. The number of hydrogen-bond acceptors (Lipinski definition) is 4. The van der Waals surface area contributed by atoms with E-state index in [1.807, 2.05) is 0 Å². The van der Waals surface area contributed by atoms with Crippen molar-refractivity contribution in [1.29, 1.82) is 0 Å². The number of rotatable bonds is 4. The fourth-order valence-electron chi connectivity index (χ4n) is 3.10. The summed E-state index contributed by atoms with van der Waals surface area (Å²) in [5.74, 6) is -0.433. The Hall–Kier alpha value is -3.02. The fourth-order valence-corrected chi connectivity index (χ4v) is 3.10. The lowest BCUT2D eigenvalue weighted by molar-refractivity contribution is 0.0527. The van der Waals surface area contributed by atoms with Crippen LogP contribution in [0.5, 0.6) is 0 Å². The van der Waals surface area contributed by atoms with Crippen LogP contribution in [0.3, 0.4) is 0 Å². The quantitative estimate of drug-likeness (QED) is 0.840. The molecule has 1 saturated heterocycles. The molecule has 142 valence electrons. The Labute approximate surface area is 159 Å². The van der Waals surface area contributed by atoms with E-state index in [9.17, 15) is 9.59 Å². The van der Waals surface area contributed by atoms with Gasteiger partial charge in [-0.1, -0.05) is 29.8 Å². The molecule has 0 bridgehead atoms. The molecule has 1 fully saturated rings. The van der Waals surface area contributed by atoms with Crippen LogP contribution < -0.4 is 10.2 Å². The summed E-state index contributed by atoms with van der Waals surface area (Å²) in [6.07, 6.45) is 0. The first kappa shape index (κ1) is 18.8. The van der Waals surface area contributed by atoms with Crippen molar-refractivity contribution < 1.29 is 14.3 Å². The lowest BCUT2D eigenvalue weighted by Gasteiger charge is -2.36. The highest BCUT2D eigenvalue weighted by Crippen LogP contribution is 2.19. The van der Waals surface area contributed by atoms with Gasteiger partial charge in [-0.3, -0.25) is 0 Å². The van der Waals surface area contributed by atoms with E-state index in [2.05, 4.69) is 41.4 Å². The summed E-state index contributed by atoms with van der Waals surface area (Å²) < 4.78 is 5.06. The zero-order valence-corrected chi connectivity index (χ0v) is 15.8. The highest BCUT2D eigenvalue weighted by Gasteiger charge is 2.22. The molecule has 2 amide bonds. The smallest absolute Gasteiger partial charge is 0.340 e. The zero-order valence-electron chi connectivity index (χ0n) is 15.8. The van der Waals surface area contributed by atoms with E-state index in [-0.39, 0.29) is 6.03 Å². The van der Waals surface area contributed by atoms with Gasteiger partial charge in [0.05, 0.1) is 17.9 Å². The SMILES string of the molecule is CCOC(=O)c1ccccc1NC(=O)N1CCN(c2ccc(C)cc2)CC1. The molecule has 1 aliphatic rings. The Bertz CT molecular complexity index is 797. The molecule has 0 aliphatic carbocycles. The molecule has 27 heavy (non-hydrogen) atoms. The molecule has 6 nitrogen and oxygen atoms in total. The van der Waals surface area contributed by atoms with Crippen molar-refractivity contribution in [1.82, 2.24) is 4.90 Å². The van der Waals surface area contributed by atoms with E-state index < -0.39 is 5.97 Å². The summed E-state index contributed by atoms with van der Waals surface area (Å²) >= 11 is 0. The Balaban J connectivity index is 1.60. The topological polar surface area (TPSA) is 61.9 Å². The fraction of sp³-hybridized carbons (Fsp3) is 0.333. The van der Waals surface area contributed by atoms with Gasteiger partial charge < -0.3 is 19.9 Å². The molecule has 1 N–H and O–H groups in total. The monoisotopic (exact) mass is 367 g/mol. The Kier molecular flexibility index (Phi) is 5.96. The molecule has 2 aromatic rings. The second kappa shape index (κ2) is 8.58. The molecular weight excluding hydrogens is 342 g/mol. The molecule has 0 spiro atoms. The van der Waals surface area contributed by atoms with Crippen LogP contribution in [0.1, 0.15) is 22.8 Å². The number of nitrogens with zero attached hydrogens (tertiary/aromatic N) is 2. The normalized spacial score (nSPS) is 14.0. The van der Waals surface area contributed by atoms with Crippen LogP contribution in [0.4, 0.5) is 16.2 Å². The average molecular weight is 367 g/mol.